The molecule has 7 heteroatoms. The van der Waals surface area contributed by atoms with Gasteiger partial charge in [-0.2, -0.15) is 9.90 Å². The first kappa shape index (κ1) is 26.3. The molecule has 0 saturated carbocycles. The third-order valence-corrected chi connectivity index (χ3v) is 5.48. The molecule has 0 aliphatic carbocycles. The smallest absolute Gasteiger partial charge is 0.377 e. The molecule has 21 heavy (non-hydrogen) atoms. The van der Waals surface area contributed by atoms with Crippen LogP contribution in [0.4, 0.5) is 0 Å². The molecule has 0 aliphatic rings. The predicted molar refractivity (Wildman–Crippen MR) is 97.0 cm³/mol. The number of hydrogen-bond donors (Lipinski definition) is 1. The molecular weight excluding hydrogens is 305 g/mol. The van der Waals surface area contributed by atoms with Gasteiger partial charge in [0, 0.05) is 26.9 Å². The van der Waals surface area contributed by atoms with Crippen LogP contribution >= 0.6 is 9.90 Å². The largest absolute Gasteiger partial charge is 0.501 e. The first-order valence-electron chi connectivity index (χ1n) is 7.68. The second-order valence-electron chi connectivity index (χ2n) is 4.28. The minimum Gasteiger partial charge on any atom is -0.377 e. The molecule has 5 nitrogen and oxygen atoms in total. The lowest BCUT2D eigenvalue weighted by Gasteiger charge is -2.24. The number of rotatable bonds is 12. The van der Waals surface area contributed by atoms with Gasteiger partial charge < -0.3 is 23.3 Å². The molecule has 0 radical (unpaired) electrons. The molecule has 1 N–H and O–H groups in total. The van der Waals surface area contributed by atoms with E-state index in [0.717, 1.165) is 32.2 Å². The summed E-state index contributed by atoms with van der Waals surface area (Å²) in [5.74, 6) is 0. The zero-order valence-electron chi connectivity index (χ0n) is 15.0. The Balaban J connectivity index is -0.000000465. The molecule has 0 fully saturated rings. The van der Waals surface area contributed by atoms with Gasteiger partial charge in [0.05, 0.1) is 0 Å². The summed E-state index contributed by atoms with van der Waals surface area (Å²) in [5.41, 5.74) is 0. The molecular formula is C14H38NO4PSi. The molecule has 0 bridgehead atoms. The van der Waals surface area contributed by atoms with Crippen molar-refractivity contribution < 1.29 is 18.0 Å². The highest BCUT2D eigenvalue weighted by molar-refractivity contribution is 6.92. The first-order valence-corrected chi connectivity index (χ1v) is 9.62. The Morgan fingerprint density at radius 3 is 1.81 bits per heavy atom. The van der Waals surface area contributed by atoms with Gasteiger partial charge in [-0.15, -0.1) is 0 Å². The van der Waals surface area contributed by atoms with Gasteiger partial charge in [0.25, 0.3) is 0 Å². The van der Waals surface area contributed by atoms with Crippen molar-refractivity contribution in [1.82, 2.24) is 5.32 Å². The molecule has 0 aromatic rings. The van der Waals surface area contributed by atoms with Crippen LogP contribution in [-0.4, -0.2) is 49.5 Å². The molecule has 0 amide bonds. The molecule has 0 saturated heterocycles. The lowest BCUT2D eigenvalue weighted by Crippen LogP contribution is -2.43. The molecule has 0 aromatic heterocycles. The second kappa shape index (κ2) is 20.4. The van der Waals surface area contributed by atoms with Crippen molar-refractivity contribution in [3.63, 3.8) is 0 Å². The lowest BCUT2D eigenvalue weighted by molar-refractivity contribution is -0.0333. The number of ether oxygens (including phenoxy) is 1. The standard InChI is InChI=1S/C10H24O4Si.C4H11N.H3P/c1-5-7-8-9-13-10-14-15(6-2,11-3)12-4;1-3-5-4-2;/h5-10H2,1-4H3;5H,3-4H2,1-2H3;1H3. The van der Waals surface area contributed by atoms with Crippen molar-refractivity contribution in [2.24, 2.45) is 0 Å². The quantitative estimate of drug-likeness (QED) is 0.255. The van der Waals surface area contributed by atoms with E-state index in [1.165, 1.54) is 12.8 Å². The van der Waals surface area contributed by atoms with E-state index in [2.05, 4.69) is 26.1 Å². The molecule has 1 unspecified atom stereocenters. The van der Waals surface area contributed by atoms with Crippen LogP contribution in [-0.2, 0) is 18.0 Å². The topological polar surface area (TPSA) is 49.0 Å². The maximum Gasteiger partial charge on any atom is 0.501 e. The summed E-state index contributed by atoms with van der Waals surface area (Å²) in [6.45, 7) is 11.6. The summed E-state index contributed by atoms with van der Waals surface area (Å²) in [7, 11) is 0.832. The van der Waals surface area contributed by atoms with E-state index in [-0.39, 0.29) is 16.7 Å². The molecule has 0 spiro atoms. The third-order valence-electron chi connectivity index (χ3n) is 2.81. The summed E-state index contributed by atoms with van der Waals surface area (Å²) in [6, 6.07) is 0.762. The van der Waals surface area contributed by atoms with Crippen molar-refractivity contribution in [3.8, 4) is 0 Å². The van der Waals surface area contributed by atoms with Gasteiger partial charge in [-0.05, 0) is 19.5 Å². The Bertz CT molecular complexity index is 176. The van der Waals surface area contributed by atoms with Crippen molar-refractivity contribution >= 4 is 18.7 Å². The van der Waals surface area contributed by atoms with E-state index in [1.54, 1.807) is 14.2 Å². The highest BCUT2D eigenvalue weighted by Gasteiger charge is 2.36. The fourth-order valence-corrected chi connectivity index (χ4v) is 2.93. The minimum atomic E-state index is -2.41. The fraction of sp³-hybridized carbons (Fsp3) is 1.00. The lowest BCUT2D eigenvalue weighted by atomic mass is 10.3. The molecule has 0 rings (SSSR count). The average molecular weight is 344 g/mol. The van der Waals surface area contributed by atoms with Gasteiger partial charge in [-0.25, -0.2) is 0 Å². The number of unbranched alkanes of at least 4 members (excludes halogenated alkanes) is 2. The van der Waals surface area contributed by atoms with E-state index < -0.39 is 8.80 Å². The van der Waals surface area contributed by atoms with Crippen LogP contribution in [0.25, 0.3) is 0 Å². The fourth-order valence-electron chi connectivity index (χ4n) is 1.49. The normalized spacial score (nSPS) is 10.6. The van der Waals surface area contributed by atoms with Crippen molar-refractivity contribution in [3.05, 3.63) is 0 Å². The van der Waals surface area contributed by atoms with Gasteiger partial charge >= 0.3 is 8.80 Å². The Hall–Kier alpha value is 0.447. The minimum absolute atomic E-state index is 0. The highest BCUT2D eigenvalue weighted by atomic mass is 31.0. The Morgan fingerprint density at radius 1 is 0.905 bits per heavy atom. The Morgan fingerprint density at radius 2 is 1.48 bits per heavy atom. The van der Waals surface area contributed by atoms with Crippen LogP contribution < -0.4 is 5.32 Å². The van der Waals surface area contributed by atoms with E-state index in [9.17, 15) is 0 Å². The van der Waals surface area contributed by atoms with Gasteiger partial charge in [-0.1, -0.05) is 40.5 Å². The maximum absolute atomic E-state index is 5.53. The van der Waals surface area contributed by atoms with Crippen LogP contribution in [0, 0.1) is 0 Å². The van der Waals surface area contributed by atoms with Crippen LogP contribution in [0.2, 0.25) is 6.04 Å². The average Bonchev–Trinajstić information content (AvgIpc) is 2.49. The van der Waals surface area contributed by atoms with E-state index in [1.807, 2.05) is 6.92 Å². The molecule has 0 aromatic carbocycles. The van der Waals surface area contributed by atoms with Crippen LogP contribution in [0.15, 0.2) is 0 Å². The number of hydrogen-bond acceptors (Lipinski definition) is 5. The summed E-state index contributed by atoms with van der Waals surface area (Å²) in [4.78, 5) is 0. The molecule has 0 aliphatic heterocycles. The van der Waals surface area contributed by atoms with E-state index >= 15 is 0 Å². The second-order valence-corrected chi connectivity index (χ2v) is 7.46. The molecule has 132 valence electrons. The van der Waals surface area contributed by atoms with Crippen LogP contribution in [0.5, 0.6) is 0 Å². The van der Waals surface area contributed by atoms with Crippen LogP contribution in [0.3, 0.4) is 0 Å². The Kier molecular flexibility index (Phi) is 25.7. The van der Waals surface area contributed by atoms with Gasteiger partial charge in [0.2, 0.25) is 0 Å². The van der Waals surface area contributed by atoms with Crippen molar-refractivity contribution in [2.75, 3.05) is 40.7 Å². The van der Waals surface area contributed by atoms with Gasteiger partial charge in [0.1, 0.15) is 6.79 Å². The van der Waals surface area contributed by atoms with Gasteiger partial charge in [-0.3, -0.25) is 0 Å². The zero-order chi connectivity index (χ0) is 15.7. The Labute approximate surface area is 136 Å². The highest BCUT2D eigenvalue weighted by Crippen LogP contribution is 2.12. The summed E-state index contributed by atoms with van der Waals surface area (Å²) < 4.78 is 21.4. The predicted octanol–water partition coefficient (Wildman–Crippen LogP) is 3.09. The zero-order valence-corrected chi connectivity index (χ0v) is 17.4. The van der Waals surface area contributed by atoms with Crippen molar-refractivity contribution in [2.45, 2.75) is 53.0 Å². The van der Waals surface area contributed by atoms with Crippen LogP contribution in [0.1, 0.15) is 47.0 Å². The summed E-state index contributed by atoms with van der Waals surface area (Å²) in [6.07, 6.45) is 3.49. The summed E-state index contributed by atoms with van der Waals surface area (Å²) >= 11 is 0. The number of nitrogens with one attached hydrogen (secondary N) is 1. The SMILES string of the molecule is CCCCCOCO[Si](CC)(OC)OC.CCNCC.P. The monoisotopic (exact) mass is 343 g/mol. The van der Waals surface area contributed by atoms with E-state index in [0.29, 0.717) is 0 Å². The van der Waals surface area contributed by atoms with Crippen molar-refractivity contribution in [1.29, 1.82) is 0 Å². The molecule has 0 heterocycles. The molecule has 1 atom stereocenters. The van der Waals surface area contributed by atoms with E-state index in [4.69, 9.17) is 18.0 Å². The summed E-state index contributed by atoms with van der Waals surface area (Å²) in [5, 5.41) is 3.11. The third kappa shape index (κ3) is 16.6. The van der Waals surface area contributed by atoms with Gasteiger partial charge in [0.15, 0.2) is 0 Å². The first-order chi connectivity index (χ1) is 9.66. The maximum atomic E-state index is 5.53.